The van der Waals surface area contributed by atoms with Gasteiger partial charge in [0.05, 0.1) is 11.0 Å². The Bertz CT molecular complexity index is 1800. The lowest BCUT2D eigenvalue weighted by Crippen LogP contribution is -1.93. The normalized spacial score (nSPS) is 11.5. The first kappa shape index (κ1) is 23.3. The highest BCUT2D eigenvalue weighted by molar-refractivity contribution is 9.10. The van der Waals surface area contributed by atoms with Gasteiger partial charge in [-0.15, -0.1) is 0 Å². The number of rotatable bonds is 5. The van der Waals surface area contributed by atoms with E-state index in [0.29, 0.717) is 0 Å². The molecule has 1 nitrogen and oxygen atoms in total. The van der Waals surface area contributed by atoms with Crippen LogP contribution in [0.4, 0.5) is 0 Å². The fraction of sp³-hybridized carbons (Fsp3) is 0.0286. The predicted octanol–water partition coefficient (Wildman–Crippen LogP) is 10.6. The molecule has 5 aromatic carbocycles. The molecule has 0 fully saturated rings. The van der Waals surface area contributed by atoms with Gasteiger partial charge in [-0.25, -0.2) is 0 Å². The second-order valence-electron chi connectivity index (χ2n) is 9.16. The van der Waals surface area contributed by atoms with E-state index in [4.69, 9.17) is 0 Å². The van der Waals surface area contributed by atoms with Gasteiger partial charge in [-0.3, -0.25) is 0 Å². The van der Waals surface area contributed by atoms with Crippen LogP contribution < -0.4 is 0 Å². The van der Waals surface area contributed by atoms with Crippen molar-refractivity contribution < 1.29 is 0 Å². The molecule has 178 valence electrons. The lowest BCUT2D eigenvalue weighted by atomic mass is 9.95. The fourth-order valence-corrected chi connectivity index (χ4v) is 5.66. The van der Waals surface area contributed by atoms with E-state index in [-0.39, 0.29) is 0 Å². The van der Waals surface area contributed by atoms with Gasteiger partial charge in [0.15, 0.2) is 0 Å². The summed E-state index contributed by atoms with van der Waals surface area (Å²) in [7, 11) is 0. The van der Waals surface area contributed by atoms with Crippen LogP contribution in [0, 0.1) is 0 Å². The maximum atomic E-state index is 4.02. The van der Waals surface area contributed by atoms with Crippen molar-refractivity contribution in [2.45, 2.75) is 6.92 Å². The summed E-state index contributed by atoms with van der Waals surface area (Å²) in [5.74, 6) is 0. The van der Waals surface area contributed by atoms with Crippen molar-refractivity contribution in [3.8, 4) is 27.9 Å². The summed E-state index contributed by atoms with van der Waals surface area (Å²) in [5.41, 5.74) is 10.6. The highest BCUT2D eigenvalue weighted by Gasteiger charge is 2.14. The maximum Gasteiger partial charge on any atom is 0.0547 e. The third-order valence-electron chi connectivity index (χ3n) is 6.95. The van der Waals surface area contributed by atoms with E-state index in [1.165, 1.54) is 49.6 Å². The first-order valence-electron chi connectivity index (χ1n) is 12.5. The fourth-order valence-electron chi connectivity index (χ4n) is 5.18. The summed E-state index contributed by atoms with van der Waals surface area (Å²) in [6.45, 7) is 6.06. The number of benzene rings is 5. The zero-order valence-electron chi connectivity index (χ0n) is 20.7. The monoisotopic (exact) mass is 539 g/mol. The van der Waals surface area contributed by atoms with E-state index >= 15 is 0 Å². The van der Waals surface area contributed by atoms with E-state index in [1.54, 1.807) is 0 Å². The van der Waals surface area contributed by atoms with Crippen molar-refractivity contribution in [1.29, 1.82) is 0 Å². The van der Waals surface area contributed by atoms with Crippen LogP contribution in [-0.4, -0.2) is 4.57 Å². The Balaban J connectivity index is 1.53. The van der Waals surface area contributed by atoms with Crippen molar-refractivity contribution in [3.63, 3.8) is 0 Å². The van der Waals surface area contributed by atoms with E-state index in [0.717, 1.165) is 15.7 Å². The molecule has 0 spiro atoms. The predicted molar refractivity (Wildman–Crippen MR) is 164 cm³/mol. The zero-order chi connectivity index (χ0) is 25.4. The van der Waals surface area contributed by atoms with Crippen molar-refractivity contribution in [3.05, 3.63) is 137 Å². The summed E-state index contributed by atoms with van der Waals surface area (Å²) in [6, 6.07) is 39.2. The molecule has 0 saturated carbocycles. The largest absolute Gasteiger partial charge is 0.309 e. The third kappa shape index (κ3) is 4.14. The molecule has 6 rings (SSSR count). The number of hydrogen-bond donors (Lipinski definition) is 0. The molecule has 1 aromatic heterocycles. The molecule has 0 atom stereocenters. The smallest absolute Gasteiger partial charge is 0.0547 e. The van der Waals surface area contributed by atoms with Gasteiger partial charge in [-0.2, -0.15) is 0 Å². The number of para-hydroxylation sites is 2. The summed E-state index contributed by atoms with van der Waals surface area (Å²) < 4.78 is 3.44. The van der Waals surface area contributed by atoms with Crippen LogP contribution in [0.15, 0.2) is 126 Å². The van der Waals surface area contributed by atoms with E-state index in [2.05, 4.69) is 148 Å². The Kier molecular flexibility index (Phi) is 6.12. The molecule has 0 aliphatic rings. The van der Waals surface area contributed by atoms with Crippen molar-refractivity contribution in [1.82, 2.24) is 4.57 Å². The van der Waals surface area contributed by atoms with E-state index in [1.807, 2.05) is 13.0 Å². The number of nitrogens with zero attached hydrogens (tertiary/aromatic N) is 1. The van der Waals surface area contributed by atoms with Gasteiger partial charge >= 0.3 is 0 Å². The average molecular weight is 541 g/mol. The standard InChI is InChI=1S/C35H26BrN/c1-3-10-25-15-16-26(21-24(25)4-2)27-18-20-33(36)32(22-27)28-17-19-31-30-13-8-9-14-34(30)37(35(31)23-28)29-11-6-5-7-12-29/h3-23H,2H2,1H3/b10-3-. The zero-order valence-corrected chi connectivity index (χ0v) is 22.2. The topological polar surface area (TPSA) is 4.93 Å². The number of halogens is 1. The summed E-state index contributed by atoms with van der Waals surface area (Å²) in [6.07, 6.45) is 6.11. The van der Waals surface area contributed by atoms with Crippen LogP contribution in [0.3, 0.4) is 0 Å². The van der Waals surface area contributed by atoms with Gasteiger partial charge < -0.3 is 4.57 Å². The first-order chi connectivity index (χ1) is 18.2. The van der Waals surface area contributed by atoms with Crippen LogP contribution in [0.25, 0.3) is 61.9 Å². The molecule has 1 heterocycles. The Hall–Kier alpha value is -4.14. The van der Waals surface area contributed by atoms with Gasteiger partial charge in [0, 0.05) is 20.9 Å². The lowest BCUT2D eigenvalue weighted by molar-refractivity contribution is 1.18. The average Bonchev–Trinajstić information content (AvgIpc) is 3.28. The molecule has 37 heavy (non-hydrogen) atoms. The molecule has 0 N–H and O–H groups in total. The van der Waals surface area contributed by atoms with Crippen molar-refractivity contribution in [2.24, 2.45) is 0 Å². The van der Waals surface area contributed by atoms with Crippen LogP contribution in [0.1, 0.15) is 18.1 Å². The molecular formula is C35H26BrN. The Morgan fingerprint density at radius 2 is 1.35 bits per heavy atom. The van der Waals surface area contributed by atoms with Gasteiger partial charge in [0.2, 0.25) is 0 Å². The maximum absolute atomic E-state index is 4.02. The van der Waals surface area contributed by atoms with Crippen molar-refractivity contribution in [2.75, 3.05) is 0 Å². The lowest BCUT2D eigenvalue weighted by Gasteiger charge is -2.12. The molecule has 0 aliphatic heterocycles. The molecule has 0 saturated heterocycles. The van der Waals surface area contributed by atoms with E-state index in [9.17, 15) is 0 Å². The van der Waals surface area contributed by atoms with E-state index < -0.39 is 0 Å². The quantitative estimate of drug-likeness (QED) is 0.205. The summed E-state index contributed by atoms with van der Waals surface area (Å²) in [5, 5.41) is 2.52. The summed E-state index contributed by atoms with van der Waals surface area (Å²) >= 11 is 3.83. The summed E-state index contributed by atoms with van der Waals surface area (Å²) in [4.78, 5) is 0. The third-order valence-corrected chi connectivity index (χ3v) is 7.64. The van der Waals surface area contributed by atoms with Gasteiger partial charge in [0.25, 0.3) is 0 Å². The van der Waals surface area contributed by atoms with Gasteiger partial charge in [0.1, 0.15) is 0 Å². The highest BCUT2D eigenvalue weighted by Crippen LogP contribution is 2.38. The highest BCUT2D eigenvalue weighted by atomic mass is 79.9. The minimum Gasteiger partial charge on any atom is -0.309 e. The second-order valence-corrected chi connectivity index (χ2v) is 10.0. The molecule has 0 amide bonds. The SMILES string of the molecule is C=Cc1cc(-c2ccc(Br)c(-c3ccc4c5ccccc5n(-c5ccccc5)c4c3)c2)ccc1/C=C\C. The van der Waals surface area contributed by atoms with Crippen LogP contribution in [0.2, 0.25) is 0 Å². The minimum atomic E-state index is 1.08. The second kappa shape index (κ2) is 9.72. The molecule has 0 aliphatic carbocycles. The minimum absolute atomic E-state index is 1.08. The van der Waals surface area contributed by atoms with Crippen LogP contribution in [-0.2, 0) is 0 Å². The Morgan fingerprint density at radius 1 is 0.649 bits per heavy atom. The van der Waals surface area contributed by atoms with Gasteiger partial charge in [-0.05, 0) is 82.8 Å². The van der Waals surface area contributed by atoms with Crippen molar-refractivity contribution >= 4 is 49.9 Å². The molecule has 0 unspecified atom stereocenters. The number of fused-ring (bicyclic) bond motifs is 3. The Morgan fingerprint density at radius 3 is 2.16 bits per heavy atom. The number of allylic oxidation sites excluding steroid dienone is 1. The first-order valence-corrected chi connectivity index (χ1v) is 13.3. The molecule has 6 aromatic rings. The van der Waals surface area contributed by atoms with Gasteiger partial charge in [-0.1, -0.05) is 107 Å². The van der Waals surface area contributed by atoms with Crippen LogP contribution >= 0.6 is 15.9 Å². The molecule has 2 heteroatoms. The van der Waals surface area contributed by atoms with Crippen LogP contribution in [0.5, 0.6) is 0 Å². The number of hydrogen-bond acceptors (Lipinski definition) is 0. The Labute approximate surface area is 226 Å². The number of aromatic nitrogens is 1. The molecule has 0 bridgehead atoms. The molecule has 0 radical (unpaired) electrons. The molecular weight excluding hydrogens is 514 g/mol.